The number of carboxylic acid groups (broad SMARTS) is 1. The van der Waals surface area contributed by atoms with E-state index in [2.05, 4.69) is 9.97 Å². The van der Waals surface area contributed by atoms with E-state index >= 15 is 0 Å². The maximum Gasteiger partial charge on any atom is 0.339 e. The molecule has 0 saturated carbocycles. The zero-order valence-electron chi connectivity index (χ0n) is 11.2. The number of carbonyl (C=O) groups is 1. The van der Waals surface area contributed by atoms with Gasteiger partial charge in [0.2, 0.25) is 0 Å². The standard InChI is InChI=1S/C15H12N2O4/c1-9-14(15(18)19)11-7-10(3-4-12(11)21-9)20-8-13-16-5-2-6-17-13/h2-7H,8H2,1H3,(H,18,19). The summed E-state index contributed by atoms with van der Waals surface area (Å²) in [4.78, 5) is 19.4. The van der Waals surface area contributed by atoms with Crippen LogP contribution in [0, 0.1) is 6.92 Å². The summed E-state index contributed by atoms with van der Waals surface area (Å²) in [7, 11) is 0. The molecule has 0 saturated heterocycles. The molecule has 6 nitrogen and oxygen atoms in total. The molecule has 2 aromatic heterocycles. The van der Waals surface area contributed by atoms with Gasteiger partial charge in [-0.1, -0.05) is 0 Å². The largest absolute Gasteiger partial charge is 0.486 e. The second-order valence-electron chi connectivity index (χ2n) is 4.45. The number of hydrogen-bond acceptors (Lipinski definition) is 5. The summed E-state index contributed by atoms with van der Waals surface area (Å²) in [5, 5.41) is 9.75. The van der Waals surface area contributed by atoms with Crippen LogP contribution in [0.1, 0.15) is 21.9 Å². The number of nitrogens with zero attached hydrogens (tertiary/aromatic N) is 2. The molecule has 0 aliphatic carbocycles. The zero-order valence-corrected chi connectivity index (χ0v) is 11.2. The van der Waals surface area contributed by atoms with Crippen LogP contribution in [0.5, 0.6) is 5.75 Å². The highest BCUT2D eigenvalue weighted by atomic mass is 16.5. The molecule has 0 bridgehead atoms. The van der Waals surface area contributed by atoms with Crippen molar-refractivity contribution in [1.82, 2.24) is 9.97 Å². The van der Waals surface area contributed by atoms with Gasteiger partial charge in [-0.25, -0.2) is 14.8 Å². The number of aryl methyl sites for hydroxylation is 1. The van der Waals surface area contributed by atoms with Crippen molar-refractivity contribution in [3.05, 3.63) is 53.8 Å². The average molecular weight is 284 g/mol. The van der Waals surface area contributed by atoms with Crippen molar-refractivity contribution in [2.75, 3.05) is 0 Å². The van der Waals surface area contributed by atoms with Gasteiger partial charge in [0.15, 0.2) is 5.82 Å². The van der Waals surface area contributed by atoms with Crippen LogP contribution in [0.3, 0.4) is 0 Å². The molecule has 0 aliphatic rings. The van der Waals surface area contributed by atoms with Crippen LogP contribution in [0.15, 0.2) is 41.1 Å². The number of fused-ring (bicyclic) bond motifs is 1. The van der Waals surface area contributed by atoms with Gasteiger partial charge < -0.3 is 14.3 Å². The Morgan fingerprint density at radius 3 is 2.81 bits per heavy atom. The molecular weight excluding hydrogens is 272 g/mol. The third-order valence-corrected chi connectivity index (χ3v) is 3.04. The lowest BCUT2D eigenvalue weighted by molar-refractivity contribution is 0.0697. The normalized spacial score (nSPS) is 10.7. The Morgan fingerprint density at radius 2 is 2.10 bits per heavy atom. The van der Waals surface area contributed by atoms with Crippen LogP contribution in [-0.4, -0.2) is 21.0 Å². The molecule has 1 aromatic carbocycles. The molecule has 1 N–H and O–H groups in total. The van der Waals surface area contributed by atoms with Crippen LogP contribution in [0.4, 0.5) is 0 Å². The first kappa shape index (κ1) is 13.1. The Kier molecular flexibility index (Phi) is 3.27. The average Bonchev–Trinajstić information content (AvgIpc) is 2.81. The van der Waals surface area contributed by atoms with Crippen LogP contribution in [-0.2, 0) is 6.61 Å². The number of aromatic carboxylic acids is 1. The van der Waals surface area contributed by atoms with Gasteiger partial charge in [-0.2, -0.15) is 0 Å². The first-order valence-corrected chi connectivity index (χ1v) is 6.30. The van der Waals surface area contributed by atoms with Gasteiger partial charge in [0, 0.05) is 17.8 Å². The van der Waals surface area contributed by atoms with Gasteiger partial charge >= 0.3 is 5.97 Å². The van der Waals surface area contributed by atoms with Crippen LogP contribution >= 0.6 is 0 Å². The van der Waals surface area contributed by atoms with E-state index in [4.69, 9.17) is 9.15 Å². The van der Waals surface area contributed by atoms with Crippen LogP contribution in [0.2, 0.25) is 0 Å². The third kappa shape index (κ3) is 2.55. The molecule has 0 fully saturated rings. The second-order valence-corrected chi connectivity index (χ2v) is 4.45. The lowest BCUT2D eigenvalue weighted by atomic mass is 10.1. The maximum atomic E-state index is 11.3. The molecular formula is C15H12N2O4. The monoisotopic (exact) mass is 284 g/mol. The topological polar surface area (TPSA) is 85.5 Å². The summed E-state index contributed by atoms with van der Waals surface area (Å²) in [5.41, 5.74) is 0.680. The van der Waals surface area contributed by atoms with Gasteiger partial charge in [0.05, 0.1) is 0 Å². The highest BCUT2D eigenvalue weighted by molar-refractivity contribution is 6.03. The molecule has 0 aliphatic heterocycles. The summed E-state index contributed by atoms with van der Waals surface area (Å²) >= 11 is 0. The fourth-order valence-corrected chi connectivity index (χ4v) is 2.11. The summed E-state index contributed by atoms with van der Waals surface area (Å²) in [6.07, 6.45) is 3.27. The minimum Gasteiger partial charge on any atom is -0.486 e. The Morgan fingerprint density at radius 1 is 1.33 bits per heavy atom. The molecule has 6 heteroatoms. The number of aromatic nitrogens is 2. The van der Waals surface area contributed by atoms with Gasteiger partial charge in [-0.05, 0) is 31.2 Å². The highest BCUT2D eigenvalue weighted by Gasteiger charge is 2.17. The van der Waals surface area contributed by atoms with E-state index in [0.29, 0.717) is 28.3 Å². The fraction of sp³-hybridized carbons (Fsp3) is 0.133. The molecule has 2 heterocycles. The van der Waals surface area contributed by atoms with Crippen LogP contribution in [0.25, 0.3) is 11.0 Å². The molecule has 21 heavy (non-hydrogen) atoms. The summed E-state index contributed by atoms with van der Waals surface area (Å²) in [5.74, 6) is 0.452. The predicted octanol–water partition coefficient (Wildman–Crippen LogP) is 2.81. The lowest BCUT2D eigenvalue weighted by Crippen LogP contribution is -2.00. The van der Waals surface area contributed by atoms with E-state index in [0.717, 1.165) is 0 Å². The first-order valence-electron chi connectivity index (χ1n) is 6.30. The van der Waals surface area contributed by atoms with E-state index in [1.165, 1.54) is 0 Å². The number of ether oxygens (including phenoxy) is 1. The summed E-state index contributed by atoms with van der Waals surface area (Å²) in [6, 6.07) is 6.79. The van der Waals surface area contributed by atoms with Gasteiger partial charge in [-0.15, -0.1) is 0 Å². The summed E-state index contributed by atoms with van der Waals surface area (Å²) < 4.78 is 11.0. The van der Waals surface area contributed by atoms with E-state index in [-0.39, 0.29) is 12.2 Å². The van der Waals surface area contributed by atoms with Crippen molar-refractivity contribution in [3.63, 3.8) is 0 Å². The first-order chi connectivity index (χ1) is 10.1. The van der Waals surface area contributed by atoms with E-state index in [9.17, 15) is 9.90 Å². The van der Waals surface area contributed by atoms with E-state index < -0.39 is 5.97 Å². The van der Waals surface area contributed by atoms with Crippen molar-refractivity contribution in [3.8, 4) is 5.75 Å². The number of rotatable bonds is 4. The summed E-state index contributed by atoms with van der Waals surface area (Å²) in [6.45, 7) is 1.84. The number of hydrogen-bond donors (Lipinski definition) is 1. The quantitative estimate of drug-likeness (QED) is 0.792. The molecule has 0 atom stereocenters. The third-order valence-electron chi connectivity index (χ3n) is 3.04. The minimum absolute atomic E-state index is 0.159. The van der Waals surface area contributed by atoms with Gasteiger partial charge in [0.1, 0.15) is 29.3 Å². The molecule has 0 radical (unpaired) electrons. The van der Waals surface area contributed by atoms with Crippen molar-refractivity contribution >= 4 is 16.9 Å². The molecule has 0 spiro atoms. The number of furan rings is 1. The molecule has 0 unspecified atom stereocenters. The van der Waals surface area contributed by atoms with Gasteiger partial charge in [-0.3, -0.25) is 0 Å². The van der Waals surface area contributed by atoms with Crippen molar-refractivity contribution < 1.29 is 19.1 Å². The number of benzene rings is 1. The SMILES string of the molecule is Cc1oc2ccc(OCc3ncccn3)cc2c1C(=O)O. The Labute approximate surface area is 120 Å². The highest BCUT2D eigenvalue weighted by Crippen LogP contribution is 2.29. The van der Waals surface area contributed by atoms with Crippen LogP contribution < -0.4 is 4.74 Å². The second kappa shape index (κ2) is 5.24. The van der Waals surface area contributed by atoms with Crippen molar-refractivity contribution in [2.24, 2.45) is 0 Å². The van der Waals surface area contributed by atoms with E-state index in [1.807, 2.05) is 0 Å². The molecule has 3 aromatic rings. The lowest BCUT2D eigenvalue weighted by Gasteiger charge is -2.04. The molecule has 0 amide bonds. The van der Waals surface area contributed by atoms with Crippen molar-refractivity contribution in [1.29, 1.82) is 0 Å². The Hall–Kier alpha value is -2.89. The zero-order chi connectivity index (χ0) is 14.8. The number of carboxylic acids is 1. The Bertz CT molecular complexity index is 796. The maximum absolute atomic E-state index is 11.3. The van der Waals surface area contributed by atoms with Gasteiger partial charge in [0.25, 0.3) is 0 Å². The Balaban J connectivity index is 1.90. The van der Waals surface area contributed by atoms with E-state index in [1.54, 1.807) is 43.6 Å². The fourth-order valence-electron chi connectivity index (χ4n) is 2.11. The molecule has 106 valence electrons. The predicted molar refractivity (Wildman–Crippen MR) is 74.3 cm³/mol. The smallest absolute Gasteiger partial charge is 0.339 e. The molecule has 3 rings (SSSR count). The minimum atomic E-state index is -1.02. The van der Waals surface area contributed by atoms with Crippen molar-refractivity contribution in [2.45, 2.75) is 13.5 Å².